The molecule has 2 aromatic heterocycles. The highest BCUT2D eigenvalue weighted by molar-refractivity contribution is 5.95. The summed E-state index contributed by atoms with van der Waals surface area (Å²) in [4.78, 5) is 16.5. The number of unbranched alkanes of at least 4 members (excludes halogenated alkanes) is 1. The van der Waals surface area contributed by atoms with E-state index >= 15 is 0 Å². The van der Waals surface area contributed by atoms with Crippen LogP contribution in [0, 0.1) is 6.92 Å². The molecule has 124 valence electrons. The first kappa shape index (κ1) is 17.1. The van der Waals surface area contributed by atoms with Crippen LogP contribution in [-0.2, 0) is 4.74 Å². The normalized spacial score (nSPS) is 10.7. The van der Waals surface area contributed by atoms with Crippen LogP contribution in [0.3, 0.4) is 0 Å². The molecule has 6 nitrogen and oxygen atoms in total. The van der Waals surface area contributed by atoms with E-state index in [2.05, 4.69) is 22.3 Å². The molecule has 0 atom stereocenters. The van der Waals surface area contributed by atoms with Gasteiger partial charge in [0.15, 0.2) is 5.82 Å². The van der Waals surface area contributed by atoms with Crippen molar-refractivity contribution in [3.05, 3.63) is 41.9 Å². The van der Waals surface area contributed by atoms with Crippen molar-refractivity contribution in [2.24, 2.45) is 0 Å². The van der Waals surface area contributed by atoms with E-state index in [4.69, 9.17) is 4.74 Å². The highest BCUT2D eigenvalue weighted by Crippen LogP contribution is 2.11. The largest absolute Gasteiger partial charge is 0.381 e. The summed E-state index contributed by atoms with van der Waals surface area (Å²) in [5.41, 5.74) is 1.35. The maximum atomic E-state index is 12.2. The van der Waals surface area contributed by atoms with Crippen molar-refractivity contribution in [1.82, 2.24) is 20.1 Å². The average Bonchev–Trinajstić information content (AvgIpc) is 2.96. The van der Waals surface area contributed by atoms with Crippen molar-refractivity contribution in [3.63, 3.8) is 0 Å². The number of pyridine rings is 1. The predicted molar refractivity (Wildman–Crippen MR) is 88.8 cm³/mol. The second-order valence-corrected chi connectivity index (χ2v) is 5.32. The minimum absolute atomic E-state index is 0.113. The zero-order valence-corrected chi connectivity index (χ0v) is 13.8. The number of hydrogen-bond acceptors (Lipinski definition) is 4. The Labute approximate surface area is 136 Å². The predicted octanol–water partition coefficient (Wildman–Crippen LogP) is 2.51. The van der Waals surface area contributed by atoms with E-state index in [1.54, 1.807) is 17.1 Å². The monoisotopic (exact) mass is 316 g/mol. The summed E-state index contributed by atoms with van der Waals surface area (Å²) in [6.07, 6.45) is 6.31. The van der Waals surface area contributed by atoms with E-state index in [1.807, 2.05) is 25.1 Å². The van der Waals surface area contributed by atoms with E-state index in [-0.39, 0.29) is 5.91 Å². The van der Waals surface area contributed by atoms with Gasteiger partial charge in [-0.05, 0) is 31.9 Å². The Kier molecular flexibility index (Phi) is 6.75. The Hall–Kier alpha value is -2.21. The molecule has 0 aliphatic heterocycles. The van der Waals surface area contributed by atoms with Crippen LogP contribution in [0.5, 0.6) is 0 Å². The molecule has 6 heteroatoms. The first-order chi connectivity index (χ1) is 11.2. The third-order valence-electron chi connectivity index (χ3n) is 3.51. The van der Waals surface area contributed by atoms with Crippen LogP contribution >= 0.6 is 0 Å². The summed E-state index contributed by atoms with van der Waals surface area (Å²) >= 11 is 0. The molecule has 0 aliphatic carbocycles. The van der Waals surface area contributed by atoms with Gasteiger partial charge >= 0.3 is 0 Å². The van der Waals surface area contributed by atoms with Gasteiger partial charge in [0.05, 0.1) is 17.5 Å². The SMILES string of the molecule is CCCCOCCCNC(=O)c1cnn(-c2ccccn2)c1C. The molecule has 0 spiro atoms. The number of carbonyl (C=O) groups is 1. The lowest BCUT2D eigenvalue weighted by atomic mass is 10.2. The fourth-order valence-electron chi connectivity index (χ4n) is 2.16. The van der Waals surface area contributed by atoms with Gasteiger partial charge < -0.3 is 10.1 Å². The molecule has 0 bridgehead atoms. The number of nitrogens with one attached hydrogen (secondary N) is 1. The highest BCUT2D eigenvalue weighted by atomic mass is 16.5. The van der Waals surface area contributed by atoms with Crippen LogP contribution in [0.15, 0.2) is 30.6 Å². The Balaban J connectivity index is 1.83. The molecule has 2 rings (SSSR count). The van der Waals surface area contributed by atoms with Crippen molar-refractivity contribution in [2.75, 3.05) is 19.8 Å². The molecule has 0 unspecified atom stereocenters. The highest BCUT2D eigenvalue weighted by Gasteiger charge is 2.14. The summed E-state index contributed by atoms with van der Waals surface area (Å²) in [6, 6.07) is 5.59. The number of rotatable bonds is 9. The van der Waals surface area contributed by atoms with Gasteiger partial charge in [-0.3, -0.25) is 4.79 Å². The second-order valence-electron chi connectivity index (χ2n) is 5.32. The van der Waals surface area contributed by atoms with Gasteiger partial charge in [-0.1, -0.05) is 19.4 Å². The Morgan fingerprint density at radius 2 is 2.13 bits per heavy atom. The third kappa shape index (κ3) is 4.89. The van der Waals surface area contributed by atoms with Gasteiger partial charge in [0.25, 0.3) is 5.91 Å². The van der Waals surface area contributed by atoms with Crippen LogP contribution in [0.25, 0.3) is 5.82 Å². The van der Waals surface area contributed by atoms with E-state index in [1.165, 1.54) is 0 Å². The summed E-state index contributed by atoms with van der Waals surface area (Å²) < 4.78 is 7.14. The molecule has 0 fully saturated rings. The molecule has 0 saturated carbocycles. The number of nitrogens with zero attached hydrogens (tertiary/aromatic N) is 3. The summed E-state index contributed by atoms with van der Waals surface area (Å²) in [5, 5.41) is 7.16. The quantitative estimate of drug-likeness (QED) is 0.722. The Morgan fingerprint density at radius 1 is 1.30 bits per heavy atom. The number of hydrogen-bond donors (Lipinski definition) is 1. The minimum atomic E-state index is -0.113. The molecular weight excluding hydrogens is 292 g/mol. The second kappa shape index (κ2) is 9.05. The smallest absolute Gasteiger partial charge is 0.254 e. The minimum Gasteiger partial charge on any atom is -0.381 e. The zero-order valence-electron chi connectivity index (χ0n) is 13.8. The number of amides is 1. The van der Waals surface area contributed by atoms with E-state index in [0.29, 0.717) is 24.5 Å². The van der Waals surface area contributed by atoms with Crippen molar-refractivity contribution < 1.29 is 9.53 Å². The summed E-state index contributed by atoms with van der Waals surface area (Å²) in [6.45, 7) is 6.06. The van der Waals surface area contributed by atoms with Crippen molar-refractivity contribution in [3.8, 4) is 5.82 Å². The lowest BCUT2D eigenvalue weighted by Gasteiger charge is -2.06. The molecular formula is C17H24N4O2. The van der Waals surface area contributed by atoms with E-state index < -0.39 is 0 Å². The van der Waals surface area contributed by atoms with Crippen LogP contribution < -0.4 is 5.32 Å². The standard InChI is InChI=1S/C17H24N4O2/c1-3-4-11-23-12-7-10-19-17(22)15-13-20-21(14(15)2)16-8-5-6-9-18-16/h5-6,8-9,13H,3-4,7,10-12H2,1-2H3,(H,19,22). The number of aromatic nitrogens is 3. The molecule has 1 amide bonds. The van der Waals surface area contributed by atoms with Gasteiger partial charge in [0.1, 0.15) is 0 Å². The van der Waals surface area contributed by atoms with Crippen LogP contribution in [0.1, 0.15) is 42.2 Å². The van der Waals surface area contributed by atoms with Gasteiger partial charge in [0, 0.05) is 26.0 Å². The molecule has 2 heterocycles. The van der Waals surface area contributed by atoms with Gasteiger partial charge in [-0.15, -0.1) is 0 Å². The Morgan fingerprint density at radius 3 is 2.87 bits per heavy atom. The van der Waals surface area contributed by atoms with Crippen LogP contribution in [0.2, 0.25) is 0 Å². The van der Waals surface area contributed by atoms with Gasteiger partial charge in [-0.2, -0.15) is 5.10 Å². The van der Waals surface area contributed by atoms with Gasteiger partial charge in [-0.25, -0.2) is 9.67 Å². The first-order valence-electron chi connectivity index (χ1n) is 8.06. The number of carbonyl (C=O) groups excluding carboxylic acids is 1. The molecule has 0 aromatic carbocycles. The van der Waals surface area contributed by atoms with E-state index in [0.717, 1.165) is 31.6 Å². The fourth-order valence-corrected chi connectivity index (χ4v) is 2.16. The third-order valence-corrected chi connectivity index (χ3v) is 3.51. The number of ether oxygens (including phenoxy) is 1. The molecule has 2 aromatic rings. The zero-order chi connectivity index (χ0) is 16.5. The average molecular weight is 316 g/mol. The maximum Gasteiger partial charge on any atom is 0.254 e. The molecule has 0 aliphatic rings. The maximum absolute atomic E-state index is 12.2. The fraction of sp³-hybridized carbons (Fsp3) is 0.471. The lowest BCUT2D eigenvalue weighted by molar-refractivity contribution is 0.0940. The molecule has 1 N–H and O–H groups in total. The van der Waals surface area contributed by atoms with Crippen molar-refractivity contribution in [2.45, 2.75) is 33.1 Å². The van der Waals surface area contributed by atoms with E-state index in [9.17, 15) is 4.79 Å². The summed E-state index contributed by atoms with van der Waals surface area (Å²) in [7, 11) is 0. The Bertz CT molecular complexity index is 610. The molecule has 0 saturated heterocycles. The topological polar surface area (TPSA) is 69.0 Å². The molecule has 23 heavy (non-hydrogen) atoms. The molecule has 0 radical (unpaired) electrons. The lowest BCUT2D eigenvalue weighted by Crippen LogP contribution is -2.25. The van der Waals surface area contributed by atoms with Crippen molar-refractivity contribution >= 4 is 5.91 Å². The van der Waals surface area contributed by atoms with Crippen LogP contribution in [-0.4, -0.2) is 40.4 Å². The first-order valence-corrected chi connectivity index (χ1v) is 8.06. The van der Waals surface area contributed by atoms with Crippen LogP contribution in [0.4, 0.5) is 0 Å². The summed E-state index contributed by atoms with van der Waals surface area (Å²) in [5.74, 6) is 0.589. The van der Waals surface area contributed by atoms with Crippen molar-refractivity contribution in [1.29, 1.82) is 0 Å². The van der Waals surface area contributed by atoms with Gasteiger partial charge in [0.2, 0.25) is 0 Å².